The van der Waals surface area contributed by atoms with Crippen LogP contribution in [0.1, 0.15) is 12.1 Å². The number of halogens is 1. The zero-order valence-electron chi connectivity index (χ0n) is 8.00. The molecule has 0 spiro atoms. The fourth-order valence-electron chi connectivity index (χ4n) is 1.36. The van der Waals surface area contributed by atoms with Gasteiger partial charge in [-0.15, -0.1) is 0 Å². The standard InChI is InChI=1S/C10H12FNOS/c1-7-9(11)2-3-10(12-7)13-8-4-5-14-6-8/h2-3,8H,4-6H2,1H3. The van der Waals surface area contributed by atoms with E-state index in [1.165, 1.54) is 6.07 Å². The molecule has 1 aromatic rings. The second kappa shape index (κ2) is 4.17. The van der Waals surface area contributed by atoms with Crippen molar-refractivity contribution < 1.29 is 9.13 Å². The molecular formula is C10H12FNOS. The zero-order valence-corrected chi connectivity index (χ0v) is 8.81. The van der Waals surface area contributed by atoms with Gasteiger partial charge in [-0.1, -0.05) is 0 Å². The lowest BCUT2D eigenvalue weighted by Gasteiger charge is -2.11. The van der Waals surface area contributed by atoms with E-state index >= 15 is 0 Å². The summed E-state index contributed by atoms with van der Waals surface area (Å²) in [6.45, 7) is 1.64. The van der Waals surface area contributed by atoms with Crippen LogP contribution in [0.5, 0.6) is 5.88 Å². The maximum atomic E-state index is 12.9. The van der Waals surface area contributed by atoms with E-state index in [9.17, 15) is 4.39 Å². The first-order valence-corrected chi connectivity index (χ1v) is 5.79. The van der Waals surface area contributed by atoms with Gasteiger partial charge in [-0.25, -0.2) is 9.37 Å². The third kappa shape index (κ3) is 2.18. The summed E-state index contributed by atoms with van der Waals surface area (Å²) in [6, 6.07) is 2.99. The molecule has 4 heteroatoms. The lowest BCUT2D eigenvalue weighted by atomic mass is 10.3. The summed E-state index contributed by atoms with van der Waals surface area (Å²) in [5.41, 5.74) is 0.396. The second-order valence-electron chi connectivity index (χ2n) is 3.32. The van der Waals surface area contributed by atoms with Gasteiger partial charge in [-0.05, 0) is 25.2 Å². The molecule has 1 unspecified atom stereocenters. The summed E-state index contributed by atoms with van der Waals surface area (Å²) in [5.74, 6) is 2.41. The highest BCUT2D eigenvalue weighted by molar-refractivity contribution is 7.99. The van der Waals surface area contributed by atoms with Crippen LogP contribution < -0.4 is 4.74 Å². The normalized spacial score (nSPS) is 21.1. The summed E-state index contributed by atoms with van der Waals surface area (Å²) in [6.07, 6.45) is 1.31. The van der Waals surface area contributed by atoms with Crippen molar-refractivity contribution in [3.05, 3.63) is 23.6 Å². The van der Waals surface area contributed by atoms with Crippen LogP contribution in [-0.4, -0.2) is 22.6 Å². The fourth-order valence-corrected chi connectivity index (χ4v) is 2.46. The predicted octanol–water partition coefficient (Wildman–Crippen LogP) is 2.41. The van der Waals surface area contributed by atoms with Crippen molar-refractivity contribution in [2.24, 2.45) is 0 Å². The van der Waals surface area contributed by atoms with Gasteiger partial charge in [0.1, 0.15) is 11.9 Å². The molecule has 2 heterocycles. The molecule has 0 N–H and O–H groups in total. The average molecular weight is 213 g/mol. The van der Waals surface area contributed by atoms with Crippen LogP contribution in [-0.2, 0) is 0 Å². The summed E-state index contributed by atoms with van der Waals surface area (Å²) in [7, 11) is 0. The number of hydrogen-bond donors (Lipinski definition) is 0. The number of pyridine rings is 1. The molecular weight excluding hydrogens is 201 g/mol. The van der Waals surface area contributed by atoms with Crippen LogP contribution in [0.3, 0.4) is 0 Å². The molecule has 1 fully saturated rings. The van der Waals surface area contributed by atoms with E-state index in [-0.39, 0.29) is 11.9 Å². The summed E-state index contributed by atoms with van der Waals surface area (Å²) in [5, 5.41) is 0. The first-order chi connectivity index (χ1) is 6.75. The monoisotopic (exact) mass is 213 g/mol. The van der Waals surface area contributed by atoms with Gasteiger partial charge >= 0.3 is 0 Å². The Labute approximate surface area is 86.9 Å². The molecule has 0 aromatic carbocycles. The third-order valence-corrected chi connectivity index (χ3v) is 3.30. The Morgan fingerprint density at radius 1 is 1.57 bits per heavy atom. The van der Waals surface area contributed by atoms with E-state index in [0.29, 0.717) is 11.6 Å². The van der Waals surface area contributed by atoms with Gasteiger partial charge in [0.05, 0.1) is 5.69 Å². The SMILES string of the molecule is Cc1nc(OC2CCSC2)ccc1F. The van der Waals surface area contributed by atoms with Gasteiger partial charge in [0.25, 0.3) is 0 Å². The van der Waals surface area contributed by atoms with Crippen LogP contribution >= 0.6 is 11.8 Å². The highest BCUT2D eigenvalue weighted by Gasteiger charge is 2.17. The Bertz CT molecular complexity index is 326. The van der Waals surface area contributed by atoms with Crippen molar-refractivity contribution >= 4 is 11.8 Å². The van der Waals surface area contributed by atoms with Crippen LogP contribution in [0, 0.1) is 12.7 Å². The molecule has 1 aliphatic heterocycles. The predicted molar refractivity (Wildman–Crippen MR) is 55.3 cm³/mol. The molecule has 1 aliphatic rings. The minimum absolute atomic E-state index is 0.248. The maximum Gasteiger partial charge on any atom is 0.213 e. The first-order valence-electron chi connectivity index (χ1n) is 4.63. The minimum atomic E-state index is -0.279. The Kier molecular flexibility index (Phi) is 2.91. The molecule has 14 heavy (non-hydrogen) atoms. The number of hydrogen-bond acceptors (Lipinski definition) is 3. The fraction of sp³-hybridized carbons (Fsp3) is 0.500. The quantitative estimate of drug-likeness (QED) is 0.753. The number of ether oxygens (including phenoxy) is 1. The number of aryl methyl sites for hydroxylation is 1. The highest BCUT2D eigenvalue weighted by Crippen LogP contribution is 2.22. The molecule has 1 atom stereocenters. The summed E-state index contributed by atoms with van der Waals surface area (Å²) < 4.78 is 18.5. The van der Waals surface area contributed by atoms with Crippen LogP contribution in [0.25, 0.3) is 0 Å². The number of rotatable bonds is 2. The van der Waals surface area contributed by atoms with Crippen molar-refractivity contribution in [2.75, 3.05) is 11.5 Å². The van der Waals surface area contributed by atoms with Gasteiger partial charge in [-0.3, -0.25) is 0 Å². The Morgan fingerprint density at radius 2 is 2.43 bits per heavy atom. The summed E-state index contributed by atoms with van der Waals surface area (Å²) in [4.78, 5) is 4.03. The first kappa shape index (κ1) is 9.77. The zero-order chi connectivity index (χ0) is 9.97. The van der Waals surface area contributed by atoms with Crippen LogP contribution in [0.2, 0.25) is 0 Å². The Morgan fingerprint density at radius 3 is 3.07 bits per heavy atom. The van der Waals surface area contributed by atoms with Gasteiger partial charge in [0.2, 0.25) is 5.88 Å². The minimum Gasteiger partial charge on any atom is -0.473 e. The Hall–Kier alpha value is -0.770. The number of aromatic nitrogens is 1. The number of nitrogens with zero attached hydrogens (tertiary/aromatic N) is 1. The molecule has 0 radical (unpaired) electrons. The molecule has 0 saturated carbocycles. The maximum absolute atomic E-state index is 12.9. The third-order valence-electron chi connectivity index (χ3n) is 2.17. The Balaban J connectivity index is 2.05. The van der Waals surface area contributed by atoms with E-state index in [2.05, 4.69) is 4.98 Å². The molecule has 1 saturated heterocycles. The van der Waals surface area contributed by atoms with Crippen LogP contribution in [0.4, 0.5) is 4.39 Å². The molecule has 2 rings (SSSR count). The molecule has 0 aliphatic carbocycles. The largest absolute Gasteiger partial charge is 0.473 e. The van der Waals surface area contributed by atoms with E-state index in [1.807, 2.05) is 11.8 Å². The smallest absolute Gasteiger partial charge is 0.213 e. The van der Waals surface area contributed by atoms with Crippen molar-refractivity contribution in [2.45, 2.75) is 19.4 Å². The van der Waals surface area contributed by atoms with Gasteiger partial charge in [0, 0.05) is 11.8 Å². The van der Waals surface area contributed by atoms with Crippen molar-refractivity contribution in [3.63, 3.8) is 0 Å². The van der Waals surface area contributed by atoms with Crippen molar-refractivity contribution in [3.8, 4) is 5.88 Å². The average Bonchev–Trinajstić information content (AvgIpc) is 2.64. The van der Waals surface area contributed by atoms with E-state index in [1.54, 1.807) is 13.0 Å². The van der Waals surface area contributed by atoms with Crippen molar-refractivity contribution in [1.82, 2.24) is 4.98 Å². The molecule has 1 aromatic heterocycles. The number of thioether (sulfide) groups is 1. The van der Waals surface area contributed by atoms with Crippen molar-refractivity contribution in [1.29, 1.82) is 0 Å². The molecule has 76 valence electrons. The highest BCUT2D eigenvalue weighted by atomic mass is 32.2. The lowest BCUT2D eigenvalue weighted by Crippen LogP contribution is -2.15. The topological polar surface area (TPSA) is 22.1 Å². The van der Waals surface area contributed by atoms with Gasteiger partial charge < -0.3 is 4.74 Å². The molecule has 2 nitrogen and oxygen atoms in total. The second-order valence-corrected chi connectivity index (χ2v) is 4.47. The van der Waals surface area contributed by atoms with E-state index in [0.717, 1.165) is 17.9 Å². The molecule has 0 amide bonds. The van der Waals surface area contributed by atoms with Gasteiger partial charge in [-0.2, -0.15) is 11.8 Å². The van der Waals surface area contributed by atoms with Gasteiger partial charge in [0.15, 0.2) is 0 Å². The molecule has 0 bridgehead atoms. The summed E-state index contributed by atoms with van der Waals surface area (Å²) >= 11 is 1.88. The van der Waals surface area contributed by atoms with E-state index in [4.69, 9.17) is 4.74 Å². The van der Waals surface area contributed by atoms with E-state index < -0.39 is 0 Å². The lowest BCUT2D eigenvalue weighted by molar-refractivity contribution is 0.219. The van der Waals surface area contributed by atoms with Crippen LogP contribution in [0.15, 0.2) is 12.1 Å².